The number of piperidine rings is 1. The zero-order chi connectivity index (χ0) is 22.1. The largest absolute Gasteiger partial charge is 0.393 e. The minimum absolute atomic E-state index is 0.0230. The Balaban J connectivity index is 1.41. The summed E-state index contributed by atoms with van der Waals surface area (Å²) in [6.45, 7) is 1.37. The van der Waals surface area contributed by atoms with Crippen molar-refractivity contribution in [1.82, 2.24) is 19.9 Å². The highest BCUT2D eigenvalue weighted by Crippen LogP contribution is 2.31. The molecule has 1 saturated carbocycles. The molecule has 0 radical (unpaired) electrons. The van der Waals surface area contributed by atoms with Crippen LogP contribution in [0.25, 0.3) is 22.0 Å². The van der Waals surface area contributed by atoms with Crippen molar-refractivity contribution in [3.05, 3.63) is 48.4 Å². The first-order valence-electron chi connectivity index (χ1n) is 11.0. The normalized spacial score (nSPS) is 18.2. The molecule has 1 atom stereocenters. The van der Waals surface area contributed by atoms with Gasteiger partial charge in [-0.15, -0.1) is 0 Å². The van der Waals surface area contributed by atoms with Crippen molar-refractivity contribution in [2.75, 3.05) is 18.4 Å². The number of nitrogens with zero attached hydrogens (tertiary/aromatic N) is 5. The molecular weight excluding hydrogens is 404 g/mol. The Hall–Kier alpha value is -3.41. The van der Waals surface area contributed by atoms with Crippen LogP contribution in [-0.4, -0.2) is 50.1 Å². The number of fused-ring (bicyclic) bond motifs is 1. The average molecular weight is 428 g/mol. The third kappa shape index (κ3) is 4.31. The van der Waals surface area contributed by atoms with E-state index < -0.39 is 6.04 Å². The highest BCUT2D eigenvalue weighted by molar-refractivity contribution is 5.93. The summed E-state index contributed by atoms with van der Waals surface area (Å²) in [5, 5.41) is 23.3. The van der Waals surface area contributed by atoms with Crippen molar-refractivity contribution in [1.29, 1.82) is 5.26 Å². The van der Waals surface area contributed by atoms with Crippen LogP contribution in [0, 0.1) is 17.2 Å². The van der Waals surface area contributed by atoms with Crippen LogP contribution in [-0.2, 0) is 4.79 Å². The molecule has 0 bridgehead atoms. The maximum Gasteiger partial charge on any atom is 0.229 e. The van der Waals surface area contributed by atoms with Gasteiger partial charge in [0, 0.05) is 54.1 Å². The number of aliphatic hydroxyl groups is 1. The van der Waals surface area contributed by atoms with Gasteiger partial charge in [-0.25, -0.2) is 9.97 Å². The quantitative estimate of drug-likeness (QED) is 0.642. The van der Waals surface area contributed by atoms with Crippen molar-refractivity contribution in [2.45, 2.75) is 37.8 Å². The summed E-state index contributed by atoms with van der Waals surface area (Å²) in [4.78, 5) is 27.3. The first kappa shape index (κ1) is 20.5. The zero-order valence-electron chi connectivity index (χ0n) is 17.6. The molecule has 3 heterocycles. The molecule has 8 heteroatoms. The van der Waals surface area contributed by atoms with Gasteiger partial charge in [0.05, 0.1) is 17.7 Å². The summed E-state index contributed by atoms with van der Waals surface area (Å²) >= 11 is 0. The smallest absolute Gasteiger partial charge is 0.229 e. The molecule has 2 aliphatic rings. The number of benzene rings is 1. The fraction of sp³-hybridized carbons (Fsp3) is 0.375. The van der Waals surface area contributed by atoms with Crippen molar-refractivity contribution < 1.29 is 9.90 Å². The standard InChI is InChI=1S/C24H24N6O2/c25-11-22(30-7-5-20(31)6-8-30)19-9-18(12-26-13-19)16-3-4-17-14-27-24(28-21(17)10-16)29-23(32)15-1-2-15/h3-4,9-10,12-15,20,22,31H,1-2,5-8H2,(H,27,28,29,32). The van der Waals surface area contributed by atoms with Crippen molar-refractivity contribution in [3.8, 4) is 17.2 Å². The molecule has 2 fully saturated rings. The number of carbonyl (C=O) groups is 1. The number of aliphatic hydroxyl groups excluding tert-OH is 1. The van der Waals surface area contributed by atoms with E-state index in [4.69, 9.17) is 0 Å². The Kier molecular flexibility index (Phi) is 5.52. The molecule has 32 heavy (non-hydrogen) atoms. The van der Waals surface area contributed by atoms with Gasteiger partial charge >= 0.3 is 0 Å². The number of nitriles is 1. The van der Waals surface area contributed by atoms with Gasteiger partial charge in [-0.1, -0.05) is 12.1 Å². The van der Waals surface area contributed by atoms with Gasteiger partial charge in [0.15, 0.2) is 0 Å². The molecule has 8 nitrogen and oxygen atoms in total. The van der Waals surface area contributed by atoms with Gasteiger partial charge < -0.3 is 5.11 Å². The Morgan fingerprint density at radius 2 is 1.94 bits per heavy atom. The third-order valence-corrected chi connectivity index (χ3v) is 6.16. The fourth-order valence-electron chi connectivity index (χ4n) is 4.10. The topological polar surface area (TPSA) is 115 Å². The summed E-state index contributed by atoms with van der Waals surface area (Å²) in [5.74, 6) is 0.381. The second-order valence-corrected chi connectivity index (χ2v) is 8.54. The number of aromatic nitrogens is 3. The molecule has 1 unspecified atom stereocenters. The highest BCUT2D eigenvalue weighted by Gasteiger charge is 2.30. The van der Waals surface area contributed by atoms with E-state index in [1.807, 2.05) is 24.3 Å². The van der Waals surface area contributed by atoms with Gasteiger partial charge in [0.1, 0.15) is 6.04 Å². The first-order chi connectivity index (χ1) is 15.6. The van der Waals surface area contributed by atoms with E-state index in [1.165, 1.54) is 0 Å². The number of anilines is 1. The lowest BCUT2D eigenvalue weighted by Gasteiger charge is -2.32. The molecule has 5 rings (SSSR count). The van der Waals surface area contributed by atoms with E-state index in [-0.39, 0.29) is 17.9 Å². The Morgan fingerprint density at radius 1 is 1.12 bits per heavy atom. The maximum atomic E-state index is 12.0. The van der Waals surface area contributed by atoms with E-state index in [0.29, 0.717) is 31.9 Å². The monoisotopic (exact) mass is 428 g/mol. The van der Waals surface area contributed by atoms with E-state index >= 15 is 0 Å². The Morgan fingerprint density at radius 3 is 2.69 bits per heavy atom. The third-order valence-electron chi connectivity index (χ3n) is 6.16. The van der Waals surface area contributed by atoms with E-state index in [1.54, 1.807) is 18.6 Å². The number of amides is 1. The van der Waals surface area contributed by atoms with E-state index in [0.717, 1.165) is 40.4 Å². The number of nitrogens with one attached hydrogen (secondary N) is 1. The number of likely N-dealkylation sites (tertiary alicyclic amines) is 1. The minimum atomic E-state index is -0.401. The van der Waals surface area contributed by atoms with E-state index in [2.05, 4.69) is 31.2 Å². The van der Waals surface area contributed by atoms with Crippen molar-refractivity contribution >= 4 is 22.8 Å². The summed E-state index contributed by atoms with van der Waals surface area (Å²) in [7, 11) is 0. The number of carbonyl (C=O) groups excluding carboxylic acids is 1. The Labute approximate surface area is 185 Å². The van der Waals surface area contributed by atoms with Crippen LogP contribution >= 0.6 is 0 Å². The first-order valence-corrected chi connectivity index (χ1v) is 11.0. The lowest BCUT2D eigenvalue weighted by molar-refractivity contribution is -0.117. The average Bonchev–Trinajstić information content (AvgIpc) is 3.66. The van der Waals surface area contributed by atoms with Crippen LogP contribution in [0.15, 0.2) is 42.9 Å². The molecule has 1 saturated heterocycles. The van der Waals surface area contributed by atoms with Crippen LogP contribution in [0.3, 0.4) is 0 Å². The molecule has 2 N–H and O–H groups in total. The summed E-state index contributed by atoms with van der Waals surface area (Å²) in [6, 6.07) is 9.85. The maximum absolute atomic E-state index is 12.0. The number of hydrogen-bond donors (Lipinski definition) is 2. The van der Waals surface area contributed by atoms with Crippen LogP contribution < -0.4 is 5.32 Å². The number of rotatable bonds is 5. The lowest BCUT2D eigenvalue weighted by atomic mass is 9.99. The molecule has 162 valence electrons. The molecule has 3 aromatic rings. The number of pyridine rings is 1. The molecule has 1 aromatic carbocycles. The van der Waals surface area contributed by atoms with Gasteiger partial charge in [0.2, 0.25) is 11.9 Å². The molecule has 1 aliphatic heterocycles. The molecule has 2 aromatic heterocycles. The van der Waals surface area contributed by atoms with Crippen LogP contribution in [0.1, 0.15) is 37.3 Å². The Bertz CT molecular complexity index is 1190. The van der Waals surface area contributed by atoms with Crippen molar-refractivity contribution in [3.63, 3.8) is 0 Å². The highest BCUT2D eigenvalue weighted by atomic mass is 16.3. The van der Waals surface area contributed by atoms with Crippen molar-refractivity contribution in [2.24, 2.45) is 5.92 Å². The van der Waals surface area contributed by atoms with Gasteiger partial charge in [-0.05, 0) is 43.4 Å². The van der Waals surface area contributed by atoms with Crippen LogP contribution in [0.2, 0.25) is 0 Å². The lowest BCUT2D eigenvalue weighted by Crippen LogP contribution is -2.38. The van der Waals surface area contributed by atoms with Gasteiger partial charge in [0.25, 0.3) is 0 Å². The zero-order valence-corrected chi connectivity index (χ0v) is 17.6. The van der Waals surface area contributed by atoms with Gasteiger partial charge in [-0.3, -0.25) is 20.0 Å². The second kappa shape index (κ2) is 8.61. The predicted octanol–water partition coefficient (Wildman–Crippen LogP) is 3.06. The SMILES string of the molecule is N#CC(c1cncc(-c2ccc3cnc(NC(=O)C4CC4)nc3c2)c1)N1CCC(O)CC1. The summed E-state index contributed by atoms with van der Waals surface area (Å²) in [5.41, 5.74) is 3.39. The van der Waals surface area contributed by atoms with Gasteiger partial charge in [-0.2, -0.15) is 5.26 Å². The van der Waals surface area contributed by atoms with E-state index in [9.17, 15) is 15.2 Å². The van der Waals surface area contributed by atoms with Crippen LogP contribution in [0.4, 0.5) is 5.95 Å². The second-order valence-electron chi connectivity index (χ2n) is 8.54. The number of hydrogen-bond acceptors (Lipinski definition) is 7. The molecule has 0 spiro atoms. The summed E-state index contributed by atoms with van der Waals surface area (Å²) in [6.07, 6.45) is 8.13. The molecule has 1 aliphatic carbocycles. The summed E-state index contributed by atoms with van der Waals surface area (Å²) < 4.78 is 0. The molecular formula is C24H24N6O2. The predicted molar refractivity (Wildman–Crippen MR) is 119 cm³/mol. The molecule has 1 amide bonds. The minimum Gasteiger partial charge on any atom is -0.393 e. The van der Waals surface area contributed by atoms with Crippen LogP contribution in [0.5, 0.6) is 0 Å². The fourth-order valence-corrected chi connectivity index (χ4v) is 4.10.